The maximum absolute atomic E-state index is 4.70. The van der Waals surface area contributed by atoms with Crippen LogP contribution in [0.3, 0.4) is 0 Å². The first-order chi connectivity index (χ1) is 8.92. The molecule has 2 bridgehead atoms. The van der Waals surface area contributed by atoms with Gasteiger partial charge in [-0.3, -0.25) is 4.99 Å². The normalized spacial score (nSPS) is 41.7. The monoisotopic (exact) mass is 239 g/mol. The Morgan fingerprint density at radius 2 is 1.78 bits per heavy atom. The number of aliphatic imine (C=N–C) groups is 1. The molecule has 4 rings (SSSR count). The molecule has 0 radical (unpaired) electrons. The Kier molecular flexibility index (Phi) is 2.53. The number of hydrogen-bond acceptors (Lipinski definition) is 1. The second-order valence-corrected chi connectivity index (χ2v) is 6.43. The van der Waals surface area contributed by atoms with Crippen LogP contribution in [0.4, 0.5) is 5.69 Å². The molecule has 0 aliphatic heterocycles. The largest absolute Gasteiger partial charge is 0.261 e. The highest BCUT2D eigenvalue weighted by atomic mass is 14.7. The van der Waals surface area contributed by atoms with Crippen LogP contribution < -0.4 is 0 Å². The van der Waals surface area contributed by atoms with Gasteiger partial charge in [-0.1, -0.05) is 24.6 Å². The standard InChI is InChI=1S/C17H21N/c1-2-5-14(6-3-1)18-11-13-9-12-10-17(13)16-8-4-7-15(12)16/h1-3,5-6,11-13,15-17H,4,7-10H2. The van der Waals surface area contributed by atoms with Crippen LogP contribution in [-0.4, -0.2) is 6.21 Å². The summed E-state index contributed by atoms with van der Waals surface area (Å²) in [7, 11) is 0. The van der Waals surface area contributed by atoms with Gasteiger partial charge < -0.3 is 0 Å². The van der Waals surface area contributed by atoms with Gasteiger partial charge in [-0.15, -0.1) is 0 Å². The lowest BCUT2D eigenvalue weighted by molar-refractivity contribution is 0.230. The second kappa shape index (κ2) is 4.22. The molecule has 0 saturated heterocycles. The molecule has 0 amide bonds. The Morgan fingerprint density at radius 1 is 0.944 bits per heavy atom. The molecule has 18 heavy (non-hydrogen) atoms. The molecule has 5 unspecified atom stereocenters. The molecule has 0 spiro atoms. The fourth-order valence-corrected chi connectivity index (χ4v) is 4.99. The van der Waals surface area contributed by atoms with E-state index in [1.54, 1.807) is 0 Å². The van der Waals surface area contributed by atoms with Crippen molar-refractivity contribution in [2.45, 2.75) is 32.1 Å². The van der Waals surface area contributed by atoms with E-state index in [0.29, 0.717) is 0 Å². The Balaban J connectivity index is 1.50. The van der Waals surface area contributed by atoms with Crippen LogP contribution in [0.5, 0.6) is 0 Å². The molecule has 1 aromatic carbocycles. The third-order valence-electron chi connectivity index (χ3n) is 5.65. The fourth-order valence-electron chi connectivity index (χ4n) is 4.99. The fraction of sp³-hybridized carbons (Fsp3) is 0.588. The van der Waals surface area contributed by atoms with E-state index in [2.05, 4.69) is 36.5 Å². The maximum atomic E-state index is 4.70. The molecule has 5 atom stereocenters. The molecule has 3 saturated carbocycles. The Morgan fingerprint density at radius 3 is 2.67 bits per heavy atom. The van der Waals surface area contributed by atoms with Gasteiger partial charge in [-0.25, -0.2) is 0 Å². The summed E-state index contributed by atoms with van der Waals surface area (Å²) in [5, 5.41) is 0. The van der Waals surface area contributed by atoms with E-state index < -0.39 is 0 Å². The first kappa shape index (κ1) is 10.8. The number of para-hydroxylation sites is 1. The molecule has 0 N–H and O–H groups in total. The lowest BCUT2D eigenvalue weighted by atomic mass is 9.76. The summed E-state index contributed by atoms with van der Waals surface area (Å²) in [5.41, 5.74) is 1.11. The summed E-state index contributed by atoms with van der Waals surface area (Å²) in [5.74, 6) is 4.92. The summed E-state index contributed by atoms with van der Waals surface area (Å²) in [6.07, 6.45) is 9.71. The second-order valence-electron chi connectivity index (χ2n) is 6.43. The number of nitrogens with zero attached hydrogens (tertiary/aromatic N) is 1. The van der Waals surface area contributed by atoms with E-state index in [1.807, 2.05) is 0 Å². The predicted molar refractivity (Wildman–Crippen MR) is 75.1 cm³/mol. The highest BCUT2D eigenvalue weighted by Crippen LogP contribution is 2.60. The number of fused-ring (bicyclic) bond motifs is 5. The van der Waals surface area contributed by atoms with Crippen LogP contribution in [-0.2, 0) is 0 Å². The van der Waals surface area contributed by atoms with E-state index >= 15 is 0 Å². The summed E-state index contributed by atoms with van der Waals surface area (Å²) in [6.45, 7) is 0. The maximum Gasteiger partial charge on any atom is 0.0625 e. The molecule has 0 aromatic heterocycles. The van der Waals surface area contributed by atoms with Crippen LogP contribution in [0.1, 0.15) is 32.1 Å². The van der Waals surface area contributed by atoms with Gasteiger partial charge in [0.05, 0.1) is 5.69 Å². The van der Waals surface area contributed by atoms with Crippen LogP contribution in [0.2, 0.25) is 0 Å². The molecule has 3 aliphatic carbocycles. The van der Waals surface area contributed by atoms with Crippen molar-refractivity contribution >= 4 is 11.9 Å². The van der Waals surface area contributed by atoms with Crippen LogP contribution in [0.15, 0.2) is 35.3 Å². The van der Waals surface area contributed by atoms with Gasteiger partial charge >= 0.3 is 0 Å². The van der Waals surface area contributed by atoms with Crippen molar-refractivity contribution in [1.82, 2.24) is 0 Å². The number of rotatable bonds is 2. The molecular weight excluding hydrogens is 218 g/mol. The van der Waals surface area contributed by atoms with Crippen molar-refractivity contribution in [2.75, 3.05) is 0 Å². The van der Waals surface area contributed by atoms with E-state index in [1.165, 1.54) is 32.1 Å². The van der Waals surface area contributed by atoms with E-state index in [0.717, 1.165) is 35.3 Å². The topological polar surface area (TPSA) is 12.4 Å². The Hall–Kier alpha value is -1.11. The van der Waals surface area contributed by atoms with Crippen molar-refractivity contribution < 1.29 is 0 Å². The van der Waals surface area contributed by atoms with E-state index in [4.69, 9.17) is 4.99 Å². The average molecular weight is 239 g/mol. The highest BCUT2D eigenvalue weighted by Gasteiger charge is 2.53. The van der Waals surface area contributed by atoms with Gasteiger partial charge in [0.15, 0.2) is 0 Å². The summed E-state index contributed by atoms with van der Waals surface area (Å²) in [4.78, 5) is 4.70. The lowest BCUT2D eigenvalue weighted by Crippen LogP contribution is -2.25. The lowest BCUT2D eigenvalue weighted by Gasteiger charge is -2.29. The summed E-state index contributed by atoms with van der Waals surface area (Å²) >= 11 is 0. The summed E-state index contributed by atoms with van der Waals surface area (Å²) < 4.78 is 0. The Bertz CT molecular complexity index is 450. The third-order valence-corrected chi connectivity index (χ3v) is 5.65. The minimum Gasteiger partial charge on any atom is -0.261 e. The molecule has 3 fully saturated rings. The van der Waals surface area contributed by atoms with E-state index in [-0.39, 0.29) is 0 Å². The molecular formula is C17H21N. The van der Waals surface area contributed by atoms with Crippen LogP contribution >= 0.6 is 0 Å². The van der Waals surface area contributed by atoms with Gasteiger partial charge in [-0.2, -0.15) is 0 Å². The Labute approximate surface area is 109 Å². The highest BCUT2D eigenvalue weighted by molar-refractivity contribution is 5.67. The van der Waals surface area contributed by atoms with Gasteiger partial charge in [-0.05, 0) is 67.4 Å². The van der Waals surface area contributed by atoms with Crippen molar-refractivity contribution in [3.8, 4) is 0 Å². The van der Waals surface area contributed by atoms with Crippen molar-refractivity contribution in [3.05, 3.63) is 30.3 Å². The number of hydrogen-bond donors (Lipinski definition) is 0. The molecule has 94 valence electrons. The quantitative estimate of drug-likeness (QED) is 0.676. The molecule has 1 heteroatoms. The van der Waals surface area contributed by atoms with Crippen molar-refractivity contribution in [2.24, 2.45) is 34.6 Å². The molecule has 0 heterocycles. The molecule has 1 nitrogen and oxygen atoms in total. The molecule has 3 aliphatic rings. The van der Waals surface area contributed by atoms with Gasteiger partial charge in [0.2, 0.25) is 0 Å². The van der Waals surface area contributed by atoms with Crippen LogP contribution in [0, 0.1) is 29.6 Å². The van der Waals surface area contributed by atoms with Gasteiger partial charge in [0.25, 0.3) is 0 Å². The summed E-state index contributed by atoms with van der Waals surface area (Å²) in [6, 6.07) is 10.4. The SMILES string of the molecule is C(=Nc1ccccc1)C1CC2CC1C1CCCC21. The van der Waals surface area contributed by atoms with Crippen molar-refractivity contribution in [3.63, 3.8) is 0 Å². The zero-order chi connectivity index (χ0) is 11.9. The minimum absolute atomic E-state index is 0.773. The zero-order valence-electron chi connectivity index (χ0n) is 10.8. The first-order valence-corrected chi connectivity index (χ1v) is 7.51. The zero-order valence-corrected chi connectivity index (χ0v) is 10.8. The van der Waals surface area contributed by atoms with Crippen LogP contribution in [0.25, 0.3) is 0 Å². The third kappa shape index (κ3) is 1.64. The predicted octanol–water partition coefficient (Wildman–Crippen LogP) is 4.46. The smallest absolute Gasteiger partial charge is 0.0625 e. The average Bonchev–Trinajstić information content (AvgIpc) is 3.09. The first-order valence-electron chi connectivity index (χ1n) is 7.51. The van der Waals surface area contributed by atoms with Gasteiger partial charge in [0.1, 0.15) is 0 Å². The van der Waals surface area contributed by atoms with Crippen molar-refractivity contribution in [1.29, 1.82) is 0 Å². The van der Waals surface area contributed by atoms with E-state index in [9.17, 15) is 0 Å². The number of benzene rings is 1. The molecule has 1 aromatic rings. The minimum atomic E-state index is 0.773. The van der Waals surface area contributed by atoms with Gasteiger partial charge in [0, 0.05) is 6.21 Å².